The molecule has 0 aliphatic carbocycles. The maximum absolute atomic E-state index is 11.4. The fourth-order valence-corrected chi connectivity index (χ4v) is 1.94. The highest BCUT2D eigenvalue weighted by molar-refractivity contribution is 7.90. The van der Waals surface area contributed by atoms with E-state index >= 15 is 0 Å². The number of rotatable bonds is 2. The van der Waals surface area contributed by atoms with E-state index in [0.717, 1.165) is 6.26 Å². The SMILES string of the molecule is CC(c1nnc2cc(Cl)ncn12)S(C)(=O)=O. The summed E-state index contributed by atoms with van der Waals surface area (Å²) in [4.78, 5) is 3.86. The topological polar surface area (TPSA) is 77.2 Å². The normalized spacial score (nSPS) is 14.2. The Kier molecular flexibility index (Phi) is 2.59. The van der Waals surface area contributed by atoms with Crippen LogP contribution in [0.25, 0.3) is 5.65 Å². The van der Waals surface area contributed by atoms with E-state index in [2.05, 4.69) is 15.2 Å². The van der Waals surface area contributed by atoms with Crippen LogP contribution in [-0.2, 0) is 9.84 Å². The van der Waals surface area contributed by atoms with Gasteiger partial charge in [0.1, 0.15) is 16.7 Å². The smallest absolute Gasteiger partial charge is 0.165 e. The number of halogens is 1. The van der Waals surface area contributed by atoms with Gasteiger partial charge in [-0.25, -0.2) is 13.4 Å². The maximum atomic E-state index is 11.4. The maximum Gasteiger partial charge on any atom is 0.165 e. The van der Waals surface area contributed by atoms with Crippen molar-refractivity contribution in [3.05, 3.63) is 23.4 Å². The highest BCUT2D eigenvalue weighted by atomic mass is 35.5. The summed E-state index contributed by atoms with van der Waals surface area (Å²) >= 11 is 5.69. The lowest BCUT2D eigenvalue weighted by Gasteiger charge is -2.06. The van der Waals surface area contributed by atoms with Gasteiger partial charge in [-0.15, -0.1) is 10.2 Å². The number of nitrogens with zero attached hydrogens (tertiary/aromatic N) is 4. The molecule has 0 aliphatic heterocycles. The molecule has 0 bridgehead atoms. The van der Waals surface area contributed by atoms with E-state index in [9.17, 15) is 8.42 Å². The molecule has 0 saturated carbocycles. The van der Waals surface area contributed by atoms with Crippen LogP contribution in [0.15, 0.2) is 12.4 Å². The quantitative estimate of drug-likeness (QED) is 0.749. The van der Waals surface area contributed by atoms with Gasteiger partial charge in [0, 0.05) is 12.3 Å². The van der Waals surface area contributed by atoms with Gasteiger partial charge in [-0.1, -0.05) is 11.6 Å². The first-order valence-corrected chi connectivity index (χ1v) is 6.78. The minimum atomic E-state index is -3.21. The average molecular weight is 261 g/mol. The highest BCUT2D eigenvalue weighted by Crippen LogP contribution is 2.20. The van der Waals surface area contributed by atoms with Gasteiger partial charge in [0.15, 0.2) is 21.3 Å². The molecule has 2 aromatic rings. The second kappa shape index (κ2) is 3.67. The van der Waals surface area contributed by atoms with E-state index in [1.807, 2.05) is 0 Å². The van der Waals surface area contributed by atoms with Gasteiger partial charge in [0.05, 0.1) is 0 Å². The van der Waals surface area contributed by atoms with Crippen molar-refractivity contribution in [2.75, 3.05) is 6.26 Å². The van der Waals surface area contributed by atoms with Crippen LogP contribution >= 0.6 is 11.6 Å². The zero-order chi connectivity index (χ0) is 11.9. The summed E-state index contributed by atoms with van der Waals surface area (Å²) in [6.07, 6.45) is 2.57. The van der Waals surface area contributed by atoms with Crippen LogP contribution in [0.4, 0.5) is 0 Å². The second-order valence-corrected chi connectivity index (χ2v) is 6.22. The first-order valence-electron chi connectivity index (χ1n) is 4.44. The molecule has 16 heavy (non-hydrogen) atoms. The van der Waals surface area contributed by atoms with Crippen LogP contribution in [-0.4, -0.2) is 34.3 Å². The second-order valence-electron chi connectivity index (χ2n) is 3.47. The third-order valence-corrected chi connectivity index (χ3v) is 4.00. The monoisotopic (exact) mass is 260 g/mol. The minimum absolute atomic E-state index is 0.290. The molecule has 0 aromatic carbocycles. The van der Waals surface area contributed by atoms with Gasteiger partial charge >= 0.3 is 0 Å². The van der Waals surface area contributed by atoms with E-state index in [-0.39, 0.29) is 0 Å². The Morgan fingerprint density at radius 1 is 1.44 bits per heavy atom. The Balaban J connectivity index is 2.63. The van der Waals surface area contributed by atoms with Crippen molar-refractivity contribution >= 4 is 27.1 Å². The fourth-order valence-electron chi connectivity index (χ4n) is 1.26. The lowest BCUT2D eigenvalue weighted by atomic mass is 10.4. The first kappa shape index (κ1) is 11.3. The molecule has 2 rings (SSSR count). The molecule has 0 radical (unpaired) electrons. The van der Waals surface area contributed by atoms with E-state index in [0.29, 0.717) is 16.6 Å². The summed E-state index contributed by atoms with van der Waals surface area (Å²) in [5.41, 5.74) is 0.477. The lowest BCUT2D eigenvalue weighted by molar-refractivity contribution is 0.588. The number of sulfone groups is 1. The molecular weight excluding hydrogens is 252 g/mol. The van der Waals surface area contributed by atoms with Crippen molar-refractivity contribution in [1.82, 2.24) is 19.6 Å². The minimum Gasteiger partial charge on any atom is -0.268 e. The first-order chi connectivity index (χ1) is 7.39. The molecular formula is C8H9ClN4O2S. The zero-order valence-corrected chi connectivity index (χ0v) is 10.2. The van der Waals surface area contributed by atoms with Crippen LogP contribution in [0.1, 0.15) is 18.0 Å². The predicted molar refractivity (Wildman–Crippen MR) is 59.1 cm³/mol. The van der Waals surface area contributed by atoms with Gasteiger partial charge in [-0.3, -0.25) is 4.40 Å². The molecule has 2 aromatic heterocycles. The van der Waals surface area contributed by atoms with Gasteiger partial charge in [-0.2, -0.15) is 0 Å². The third-order valence-electron chi connectivity index (χ3n) is 2.30. The molecule has 0 spiro atoms. The molecule has 1 atom stereocenters. The largest absolute Gasteiger partial charge is 0.268 e. The summed E-state index contributed by atoms with van der Waals surface area (Å²) in [6, 6.07) is 1.52. The summed E-state index contributed by atoms with van der Waals surface area (Å²) < 4.78 is 24.3. The molecule has 8 heteroatoms. The molecule has 0 aliphatic rings. The van der Waals surface area contributed by atoms with Crippen LogP contribution in [0.2, 0.25) is 5.15 Å². The van der Waals surface area contributed by atoms with Crippen molar-refractivity contribution < 1.29 is 8.42 Å². The number of aromatic nitrogens is 4. The lowest BCUT2D eigenvalue weighted by Crippen LogP contribution is -2.11. The van der Waals surface area contributed by atoms with E-state index < -0.39 is 15.1 Å². The van der Waals surface area contributed by atoms with E-state index in [4.69, 9.17) is 11.6 Å². The Labute approximate surface area is 97.2 Å². The fraction of sp³-hybridized carbons (Fsp3) is 0.375. The Morgan fingerprint density at radius 3 is 2.75 bits per heavy atom. The van der Waals surface area contributed by atoms with Gasteiger partial charge in [0.2, 0.25) is 0 Å². The van der Waals surface area contributed by atoms with Crippen LogP contribution in [0.3, 0.4) is 0 Å². The van der Waals surface area contributed by atoms with Crippen molar-refractivity contribution in [3.8, 4) is 0 Å². The molecule has 86 valence electrons. The zero-order valence-electron chi connectivity index (χ0n) is 8.62. The Bertz CT molecular complexity index is 637. The highest BCUT2D eigenvalue weighted by Gasteiger charge is 2.22. The average Bonchev–Trinajstić information content (AvgIpc) is 2.57. The van der Waals surface area contributed by atoms with E-state index in [1.165, 1.54) is 16.8 Å². The molecule has 0 fully saturated rings. The summed E-state index contributed by atoms with van der Waals surface area (Å²) in [7, 11) is -3.21. The van der Waals surface area contributed by atoms with Crippen molar-refractivity contribution in [2.24, 2.45) is 0 Å². The number of hydrogen-bond acceptors (Lipinski definition) is 5. The summed E-state index contributed by atoms with van der Waals surface area (Å²) in [5.74, 6) is 0.335. The van der Waals surface area contributed by atoms with Crippen LogP contribution in [0.5, 0.6) is 0 Å². The standard InChI is InChI=1S/C8H9ClN4O2S/c1-5(16(2,14)15)8-12-11-7-3-6(9)10-4-13(7)8/h3-5H,1-2H3. The number of fused-ring (bicyclic) bond motifs is 1. The summed E-state index contributed by atoms with van der Waals surface area (Å²) in [6.45, 7) is 1.56. The molecule has 0 amide bonds. The number of hydrogen-bond donors (Lipinski definition) is 0. The predicted octanol–water partition coefficient (Wildman–Crippen LogP) is 0.883. The molecule has 2 heterocycles. The Morgan fingerprint density at radius 2 is 2.12 bits per heavy atom. The molecule has 6 nitrogen and oxygen atoms in total. The molecule has 0 saturated heterocycles. The Hall–Kier alpha value is -1.21. The van der Waals surface area contributed by atoms with Crippen molar-refractivity contribution in [1.29, 1.82) is 0 Å². The van der Waals surface area contributed by atoms with Gasteiger partial charge < -0.3 is 0 Å². The molecule has 1 unspecified atom stereocenters. The molecule has 0 N–H and O–H groups in total. The van der Waals surface area contributed by atoms with Crippen molar-refractivity contribution in [3.63, 3.8) is 0 Å². The third kappa shape index (κ3) is 1.88. The van der Waals surface area contributed by atoms with Crippen LogP contribution < -0.4 is 0 Å². The van der Waals surface area contributed by atoms with Gasteiger partial charge in [0.25, 0.3) is 0 Å². The van der Waals surface area contributed by atoms with Gasteiger partial charge in [-0.05, 0) is 6.92 Å². The van der Waals surface area contributed by atoms with E-state index in [1.54, 1.807) is 6.92 Å². The van der Waals surface area contributed by atoms with Crippen molar-refractivity contribution in [2.45, 2.75) is 12.2 Å². The van der Waals surface area contributed by atoms with Crippen LogP contribution in [0, 0.1) is 0 Å². The summed E-state index contributed by atoms with van der Waals surface area (Å²) in [5, 5.41) is 7.24.